The molecule has 2 aliphatic rings. The Morgan fingerprint density at radius 3 is 2.66 bits per heavy atom. The van der Waals surface area contributed by atoms with Crippen molar-refractivity contribution in [1.29, 1.82) is 0 Å². The van der Waals surface area contributed by atoms with Crippen LogP contribution >= 0.6 is 0 Å². The molecule has 5 rings (SSSR count). The summed E-state index contributed by atoms with van der Waals surface area (Å²) in [7, 11) is 0. The summed E-state index contributed by atoms with van der Waals surface area (Å²) in [6.07, 6.45) is 8.21. The summed E-state index contributed by atoms with van der Waals surface area (Å²) in [6.45, 7) is 1.84. The molecule has 1 aliphatic heterocycles. The minimum Gasteiger partial charge on any atom is -0.356 e. The fraction of sp³-hybridized carbons (Fsp3) is 0.375. The molecule has 1 aromatic heterocycles. The lowest BCUT2D eigenvalue weighted by Crippen LogP contribution is -2.45. The molecule has 1 fully saturated rings. The molecule has 0 spiro atoms. The van der Waals surface area contributed by atoms with Crippen LogP contribution in [0.15, 0.2) is 48.8 Å². The van der Waals surface area contributed by atoms with Gasteiger partial charge in [0.1, 0.15) is 12.1 Å². The number of benzene rings is 2. The summed E-state index contributed by atoms with van der Waals surface area (Å²) in [5.74, 6) is 1.15. The van der Waals surface area contributed by atoms with Crippen LogP contribution in [0.3, 0.4) is 0 Å². The zero-order chi connectivity index (χ0) is 19.6. The quantitative estimate of drug-likeness (QED) is 0.742. The highest BCUT2D eigenvalue weighted by Gasteiger charge is 2.25. The monoisotopic (exact) mass is 386 g/mol. The molecule has 1 aliphatic carbocycles. The first-order valence-electron chi connectivity index (χ1n) is 10.7. The third-order valence-electron chi connectivity index (χ3n) is 6.27. The molecule has 1 saturated heterocycles. The normalized spacial score (nSPS) is 17.2. The average Bonchev–Trinajstić information content (AvgIpc) is 2.79. The van der Waals surface area contributed by atoms with Gasteiger partial charge in [-0.25, -0.2) is 9.97 Å². The number of aromatic nitrogens is 2. The smallest absolute Gasteiger partial charge is 0.252 e. The van der Waals surface area contributed by atoms with Gasteiger partial charge in [-0.3, -0.25) is 4.79 Å². The number of carbonyl (C=O) groups excluding carboxylic acids is 1. The van der Waals surface area contributed by atoms with Crippen molar-refractivity contribution in [2.24, 2.45) is 0 Å². The molecule has 5 nitrogen and oxygen atoms in total. The van der Waals surface area contributed by atoms with E-state index in [1.165, 1.54) is 24.1 Å². The molecule has 0 bridgehead atoms. The Kier molecular flexibility index (Phi) is 4.88. The maximum atomic E-state index is 12.9. The van der Waals surface area contributed by atoms with Crippen LogP contribution in [-0.4, -0.2) is 35.0 Å². The van der Waals surface area contributed by atoms with Crippen molar-refractivity contribution in [3.05, 3.63) is 65.6 Å². The second-order valence-electron chi connectivity index (χ2n) is 8.09. The third-order valence-corrected chi connectivity index (χ3v) is 6.27. The summed E-state index contributed by atoms with van der Waals surface area (Å²) < 4.78 is 0. The molecule has 2 heterocycles. The topological polar surface area (TPSA) is 58.1 Å². The van der Waals surface area contributed by atoms with Crippen LogP contribution in [0.5, 0.6) is 0 Å². The van der Waals surface area contributed by atoms with Crippen LogP contribution in [0, 0.1) is 0 Å². The van der Waals surface area contributed by atoms with Gasteiger partial charge in [0.05, 0.1) is 0 Å². The van der Waals surface area contributed by atoms with Gasteiger partial charge < -0.3 is 10.2 Å². The van der Waals surface area contributed by atoms with Gasteiger partial charge in [0, 0.05) is 36.0 Å². The lowest BCUT2D eigenvalue weighted by atomic mass is 9.95. The Labute approximate surface area is 171 Å². The molecule has 29 heavy (non-hydrogen) atoms. The highest BCUT2D eigenvalue weighted by atomic mass is 16.1. The van der Waals surface area contributed by atoms with E-state index in [1.807, 2.05) is 42.5 Å². The van der Waals surface area contributed by atoms with E-state index < -0.39 is 0 Å². The first-order chi connectivity index (χ1) is 14.3. The van der Waals surface area contributed by atoms with Crippen molar-refractivity contribution in [3.8, 4) is 0 Å². The summed E-state index contributed by atoms with van der Waals surface area (Å²) in [6, 6.07) is 14.2. The zero-order valence-electron chi connectivity index (χ0n) is 16.6. The summed E-state index contributed by atoms with van der Waals surface area (Å²) in [4.78, 5) is 24.4. The van der Waals surface area contributed by atoms with E-state index in [0.717, 1.165) is 60.9 Å². The first kappa shape index (κ1) is 18.1. The minimum atomic E-state index is 0.0275. The Balaban J connectivity index is 1.26. The standard InChI is InChI=1S/C24H26N4O/c29-24(20-10-5-7-17-6-1-2-8-19(17)20)27-18-12-14-28(15-13-18)23-21-9-3-4-11-22(21)25-16-26-23/h1-2,5-8,10,16,18H,3-4,9,11-15H2,(H,27,29). The second kappa shape index (κ2) is 7.82. The molecule has 1 amide bonds. The molecular weight excluding hydrogens is 360 g/mol. The van der Waals surface area contributed by atoms with E-state index in [0.29, 0.717) is 0 Å². The largest absolute Gasteiger partial charge is 0.356 e. The molecule has 148 valence electrons. The van der Waals surface area contributed by atoms with E-state index in [-0.39, 0.29) is 11.9 Å². The Morgan fingerprint density at radius 2 is 1.76 bits per heavy atom. The van der Waals surface area contributed by atoms with Crippen LogP contribution in [0.4, 0.5) is 5.82 Å². The van der Waals surface area contributed by atoms with Crippen molar-refractivity contribution in [2.45, 2.75) is 44.6 Å². The number of nitrogens with zero attached hydrogens (tertiary/aromatic N) is 3. The van der Waals surface area contributed by atoms with E-state index in [4.69, 9.17) is 0 Å². The Bertz CT molecular complexity index is 1030. The maximum absolute atomic E-state index is 12.9. The summed E-state index contributed by atoms with van der Waals surface area (Å²) in [5.41, 5.74) is 3.33. The number of hydrogen-bond acceptors (Lipinski definition) is 4. The van der Waals surface area contributed by atoms with Crippen LogP contribution in [-0.2, 0) is 12.8 Å². The van der Waals surface area contributed by atoms with Gasteiger partial charge in [-0.05, 0) is 55.4 Å². The maximum Gasteiger partial charge on any atom is 0.252 e. The number of rotatable bonds is 3. The van der Waals surface area contributed by atoms with Crippen molar-refractivity contribution in [1.82, 2.24) is 15.3 Å². The lowest BCUT2D eigenvalue weighted by molar-refractivity contribution is 0.0933. The zero-order valence-corrected chi connectivity index (χ0v) is 16.6. The Hall–Kier alpha value is -2.95. The van der Waals surface area contributed by atoms with Gasteiger partial charge >= 0.3 is 0 Å². The van der Waals surface area contributed by atoms with Gasteiger partial charge in [-0.1, -0.05) is 36.4 Å². The number of fused-ring (bicyclic) bond motifs is 2. The SMILES string of the molecule is O=C(NC1CCN(c2ncnc3c2CCCC3)CC1)c1cccc2ccccc12. The van der Waals surface area contributed by atoms with Crippen LogP contribution in [0.2, 0.25) is 0 Å². The number of carbonyl (C=O) groups is 1. The number of hydrogen-bond donors (Lipinski definition) is 1. The third kappa shape index (κ3) is 3.57. The second-order valence-corrected chi connectivity index (χ2v) is 8.09. The molecule has 0 atom stereocenters. The molecule has 2 aromatic carbocycles. The molecule has 0 saturated carbocycles. The summed E-state index contributed by atoms with van der Waals surface area (Å²) >= 11 is 0. The highest BCUT2D eigenvalue weighted by Crippen LogP contribution is 2.29. The van der Waals surface area contributed by atoms with E-state index in [2.05, 4.69) is 20.2 Å². The predicted molar refractivity (Wildman–Crippen MR) is 115 cm³/mol. The van der Waals surface area contributed by atoms with Gasteiger partial charge in [-0.2, -0.15) is 0 Å². The van der Waals surface area contributed by atoms with Crippen LogP contribution < -0.4 is 10.2 Å². The fourth-order valence-corrected chi connectivity index (χ4v) is 4.70. The highest BCUT2D eigenvalue weighted by molar-refractivity contribution is 6.07. The van der Waals surface area contributed by atoms with Crippen LogP contribution in [0.1, 0.15) is 47.3 Å². The number of anilines is 1. The minimum absolute atomic E-state index is 0.0275. The van der Waals surface area contributed by atoms with Crippen molar-refractivity contribution < 1.29 is 4.79 Å². The Morgan fingerprint density at radius 1 is 0.966 bits per heavy atom. The van der Waals surface area contributed by atoms with E-state index >= 15 is 0 Å². The van der Waals surface area contributed by atoms with Gasteiger partial charge in [0.15, 0.2) is 0 Å². The predicted octanol–water partition coefficient (Wildman–Crippen LogP) is 3.91. The van der Waals surface area contributed by atoms with Crippen molar-refractivity contribution in [2.75, 3.05) is 18.0 Å². The number of amides is 1. The van der Waals surface area contributed by atoms with Gasteiger partial charge in [0.2, 0.25) is 0 Å². The molecule has 1 N–H and O–H groups in total. The molecule has 0 radical (unpaired) electrons. The number of piperidine rings is 1. The van der Waals surface area contributed by atoms with Crippen LogP contribution in [0.25, 0.3) is 10.8 Å². The number of aryl methyl sites for hydroxylation is 1. The van der Waals surface area contributed by atoms with Gasteiger partial charge in [0.25, 0.3) is 5.91 Å². The van der Waals surface area contributed by atoms with Crippen molar-refractivity contribution in [3.63, 3.8) is 0 Å². The summed E-state index contributed by atoms with van der Waals surface area (Å²) in [5, 5.41) is 5.38. The molecule has 0 unspecified atom stereocenters. The van der Waals surface area contributed by atoms with E-state index in [1.54, 1.807) is 6.33 Å². The molecular formula is C24H26N4O. The van der Waals surface area contributed by atoms with Gasteiger partial charge in [-0.15, -0.1) is 0 Å². The van der Waals surface area contributed by atoms with Crippen molar-refractivity contribution >= 4 is 22.5 Å². The lowest BCUT2D eigenvalue weighted by Gasteiger charge is -2.35. The molecule has 3 aromatic rings. The fourth-order valence-electron chi connectivity index (χ4n) is 4.70. The average molecular weight is 386 g/mol. The first-order valence-corrected chi connectivity index (χ1v) is 10.7. The molecule has 5 heteroatoms. The number of nitrogens with one attached hydrogen (secondary N) is 1. The van der Waals surface area contributed by atoms with E-state index in [9.17, 15) is 4.79 Å².